The van der Waals surface area contributed by atoms with Crippen molar-refractivity contribution < 1.29 is 20.0 Å². The Morgan fingerprint density at radius 2 is 2.03 bits per heavy atom. The normalized spacial score (nSPS) is 14.5. The molecule has 0 radical (unpaired) electrons. The summed E-state index contributed by atoms with van der Waals surface area (Å²) in [6, 6.07) is 8.09. The fraction of sp³-hybridized carbons (Fsp3) is 0.364. The number of fused-ring (bicyclic) bond motifs is 1. The summed E-state index contributed by atoms with van der Waals surface area (Å²) >= 11 is 5.90. The third-order valence-electron chi connectivity index (χ3n) is 5.08. The van der Waals surface area contributed by atoms with Gasteiger partial charge in [-0.1, -0.05) is 11.6 Å². The van der Waals surface area contributed by atoms with Gasteiger partial charge in [0.15, 0.2) is 11.5 Å². The fourth-order valence-electron chi connectivity index (χ4n) is 3.44. The summed E-state index contributed by atoms with van der Waals surface area (Å²) in [5.74, 6) is 1.31. The molecule has 0 saturated carbocycles. The first kappa shape index (κ1) is 21.5. The molecule has 1 aromatic heterocycles. The molecule has 4 rings (SSSR count). The Labute approximate surface area is 186 Å². The molecule has 2 aromatic carbocycles. The fourth-order valence-corrected chi connectivity index (χ4v) is 3.62. The Morgan fingerprint density at radius 1 is 1.19 bits per heavy atom. The number of halogens is 2. The van der Waals surface area contributed by atoms with Crippen molar-refractivity contribution >= 4 is 34.0 Å². The number of rotatable bonds is 8. The Kier molecular flexibility index (Phi) is 7.01. The van der Waals surface area contributed by atoms with Gasteiger partial charge >= 0.3 is 0 Å². The molecule has 0 amide bonds. The molecule has 1 aliphatic heterocycles. The third kappa shape index (κ3) is 5.33. The lowest BCUT2D eigenvalue weighted by Crippen LogP contribution is -2.37. The molecule has 1 fully saturated rings. The second-order valence-corrected chi connectivity index (χ2v) is 7.56. The second-order valence-electron chi connectivity index (χ2n) is 7.15. The average Bonchev–Trinajstić information content (AvgIpc) is 2.79. The summed E-state index contributed by atoms with van der Waals surface area (Å²) < 4.78 is 30.4. The van der Waals surface area contributed by atoms with E-state index < -0.39 is 5.82 Å². The van der Waals surface area contributed by atoms with Crippen LogP contribution in [0, 0.1) is 5.82 Å². The molecule has 9 heteroatoms. The van der Waals surface area contributed by atoms with Gasteiger partial charge < -0.3 is 19.5 Å². The lowest BCUT2D eigenvalue weighted by molar-refractivity contribution is 0.0357. The van der Waals surface area contributed by atoms with Gasteiger partial charge in [0.05, 0.1) is 37.5 Å². The minimum Gasteiger partial charge on any atom is -0.493 e. The molecule has 0 atom stereocenters. The summed E-state index contributed by atoms with van der Waals surface area (Å²) in [6.07, 6.45) is 2.35. The number of ether oxygens (including phenoxy) is 3. The average molecular weight is 449 g/mol. The first-order chi connectivity index (χ1) is 15.1. The summed E-state index contributed by atoms with van der Waals surface area (Å²) in [7, 11) is 1.60. The number of morpholine rings is 1. The van der Waals surface area contributed by atoms with E-state index in [4.69, 9.17) is 25.8 Å². The lowest BCUT2D eigenvalue weighted by atomic mass is 10.2. The number of benzene rings is 2. The van der Waals surface area contributed by atoms with Gasteiger partial charge in [0.1, 0.15) is 18.0 Å². The van der Waals surface area contributed by atoms with Crippen molar-refractivity contribution in [3.8, 4) is 11.5 Å². The van der Waals surface area contributed by atoms with Crippen LogP contribution in [-0.2, 0) is 4.74 Å². The predicted octanol–water partition coefficient (Wildman–Crippen LogP) is 4.52. The van der Waals surface area contributed by atoms with E-state index in [1.807, 2.05) is 12.1 Å². The maximum Gasteiger partial charge on any atom is 0.162 e. The molecule has 31 heavy (non-hydrogen) atoms. The van der Waals surface area contributed by atoms with E-state index >= 15 is 0 Å². The van der Waals surface area contributed by atoms with E-state index in [0.717, 1.165) is 44.7 Å². The van der Waals surface area contributed by atoms with Gasteiger partial charge in [0.2, 0.25) is 0 Å². The zero-order chi connectivity index (χ0) is 21.6. The van der Waals surface area contributed by atoms with E-state index in [1.54, 1.807) is 13.2 Å². The molecule has 7 nitrogen and oxygen atoms in total. The highest BCUT2D eigenvalue weighted by molar-refractivity contribution is 6.31. The van der Waals surface area contributed by atoms with Crippen molar-refractivity contribution in [2.24, 2.45) is 0 Å². The van der Waals surface area contributed by atoms with E-state index in [0.29, 0.717) is 35.1 Å². The standard InChI is InChI=1S/C22H24ClFN4O3.H2/c1-29-20-13-19-16(12-21(20)31-8-2-5-28-6-9-30-10-7-28)22(26-14-25-19)27-15-3-4-18(24)17(23)11-15;/h3-4,11-14H,2,5-10H2,1H3,(H,25,26,27);1H. The molecule has 2 heterocycles. The quantitative estimate of drug-likeness (QED) is 0.508. The highest BCUT2D eigenvalue weighted by atomic mass is 35.5. The van der Waals surface area contributed by atoms with Crippen molar-refractivity contribution in [3.63, 3.8) is 0 Å². The van der Waals surface area contributed by atoms with Crippen LogP contribution >= 0.6 is 11.6 Å². The van der Waals surface area contributed by atoms with Gasteiger partial charge in [-0.05, 0) is 30.7 Å². The maximum absolute atomic E-state index is 13.5. The first-order valence-electron chi connectivity index (χ1n) is 10.1. The van der Waals surface area contributed by atoms with E-state index in [1.165, 1.54) is 18.5 Å². The molecular formula is C22H26ClFN4O3. The summed E-state index contributed by atoms with van der Waals surface area (Å²) in [5.41, 5.74) is 1.32. The Bertz CT molecular complexity index is 1050. The molecular weight excluding hydrogens is 423 g/mol. The van der Waals surface area contributed by atoms with Crippen LogP contribution in [0.25, 0.3) is 10.9 Å². The maximum atomic E-state index is 13.5. The molecule has 1 N–H and O–H groups in total. The molecule has 3 aromatic rings. The van der Waals surface area contributed by atoms with Crippen LogP contribution in [-0.4, -0.2) is 61.4 Å². The number of nitrogens with one attached hydrogen (secondary N) is 1. The molecule has 1 saturated heterocycles. The molecule has 0 unspecified atom stereocenters. The summed E-state index contributed by atoms with van der Waals surface area (Å²) in [4.78, 5) is 11.0. The van der Waals surface area contributed by atoms with Crippen molar-refractivity contribution in [1.29, 1.82) is 0 Å². The van der Waals surface area contributed by atoms with Crippen molar-refractivity contribution in [2.75, 3.05) is 51.9 Å². The molecule has 1 aliphatic rings. The Morgan fingerprint density at radius 3 is 2.81 bits per heavy atom. The largest absolute Gasteiger partial charge is 0.493 e. The van der Waals surface area contributed by atoms with Gasteiger partial charge in [-0.25, -0.2) is 14.4 Å². The zero-order valence-electron chi connectivity index (χ0n) is 17.2. The van der Waals surface area contributed by atoms with Crippen LogP contribution in [0.3, 0.4) is 0 Å². The minimum absolute atomic E-state index is 0. The van der Waals surface area contributed by atoms with E-state index in [9.17, 15) is 4.39 Å². The Balaban J connectivity index is 0.00000289. The third-order valence-corrected chi connectivity index (χ3v) is 5.37. The van der Waals surface area contributed by atoms with Gasteiger partial charge in [-0.2, -0.15) is 0 Å². The van der Waals surface area contributed by atoms with Gasteiger partial charge in [-0.15, -0.1) is 0 Å². The second kappa shape index (κ2) is 10.1. The van der Waals surface area contributed by atoms with Crippen molar-refractivity contribution in [3.05, 3.63) is 47.5 Å². The molecule has 0 spiro atoms. The van der Waals surface area contributed by atoms with Crippen molar-refractivity contribution in [2.45, 2.75) is 6.42 Å². The van der Waals surface area contributed by atoms with Crippen LogP contribution in [0.1, 0.15) is 7.85 Å². The number of nitrogens with zero attached hydrogens (tertiary/aromatic N) is 3. The SMILES string of the molecule is COc1cc2ncnc(Nc3ccc(F)c(Cl)c3)c2cc1OCCCN1CCOCC1.[HH]. The predicted molar refractivity (Wildman–Crippen MR) is 120 cm³/mol. The van der Waals surface area contributed by atoms with Crippen LogP contribution in [0.2, 0.25) is 5.02 Å². The van der Waals surface area contributed by atoms with Gasteiger partial charge in [0.25, 0.3) is 0 Å². The first-order valence-corrected chi connectivity index (χ1v) is 10.5. The molecule has 0 bridgehead atoms. The number of anilines is 2. The monoisotopic (exact) mass is 448 g/mol. The molecule has 0 aliphatic carbocycles. The smallest absolute Gasteiger partial charge is 0.162 e. The highest BCUT2D eigenvalue weighted by Gasteiger charge is 2.14. The lowest BCUT2D eigenvalue weighted by Gasteiger charge is -2.26. The van der Waals surface area contributed by atoms with Crippen LogP contribution in [0.15, 0.2) is 36.7 Å². The minimum atomic E-state index is -0.475. The summed E-state index contributed by atoms with van der Waals surface area (Å²) in [6.45, 7) is 5.00. The van der Waals surface area contributed by atoms with Gasteiger partial charge in [-0.3, -0.25) is 4.90 Å². The van der Waals surface area contributed by atoms with Crippen LogP contribution in [0.4, 0.5) is 15.9 Å². The number of hydrogen-bond acceptors (Lipinski definition) is 7. The number of aromatic nitrogens is 2. The van der Waals surface area contributed by atoms with Crippen molar-refractivity contribution in [1.82, 2.24) is 14.9 Å². The van der Waals surface area contributed by atoms with E-state index in [-0.39, 0.29) is 6.45 Å². The number of hydrogen-bond donors (Lipinski definition) is 1. The Hall–Kier alpha value is -2.68. The molecule has 166 valence electrons. The van der Waals surface area contributed by atoms with Crippen LogP contribution in [0.5, 0.6) is 11.5 Å². The zero-order valence-corrected chi connectivity index (χ0v) is 18.0. The highest BCUT2D eigenvalue weighted by Crippen LogP contribution is 2.35. The topological polar surface area (TPSA) is 68.7 Å². The van der Waals surface area contributed by atoms with E-state index in [2.05, 4.69) is 20.2 Å². The number of methoxy groups -OCH3 is 1. The summed E-state index contributed by atoms with van der Waals surface area (Å²) in [5, 5.41) is 3.97. The van der Waals surface area contributed by atoms with Gasteiger partial charge in [0, 0.05) is 38.2 Å². The van der Waals surface area contributed by atoms with Crippen LogP contribution < -0.4 is 14.8 Å².